The van der Waals surface area contributed by atoms with E-state index >= 15 is 0 Å². The summed E-state index contributed by atoms with van der Waals surface area (Å²) in [5, 5.41) is 8.65. The van der Waals surface area contributed by atoms with Crippen molar-refractivity contribution < 1.29 is 14.3 Å². The van der Waals surface area contributed by atoms with Gasteiger partial charge in [-0.25, -0.2) is 0 Å². The molecule has 0 bridgehead atoms. The Hall–Kier alpha value is -3.71. The van der Waals surface area contributed by atoms with E-state index in [1.165, 1.54) is 12.8 Å². The lowest BCUT2D eigenvalue weighted by molar-refractivity contribution is 0.0976. The third kappa shape index (κ3) is 8.54. The Morgan fingerprint density at radius 1 is 0.800 bits per heavy atom. The van der Waals surface area contributed by atoms with E-state index in [0.717, 1.165) is 29.8 Å². The van der Waals surface area contributed by atoms with Crippen LogP contribution in [-0.4, -0.2) is 23.5 Å². The summed E-state index contributed by atoms with van der Waals surface area (Å²) in [6, 6.07) is 21.5. The molecule has 0 atom stereocenters. The smallest absolute Gasteiger partial charge is 0.257 e. The molecule has 6 nitrogen and oxygen atoms in total. The number of thiocarbonyl (C=S) groups is 1. The molecule has 0 saturated carbocycles. The lowest BCUT2D eigenvalue weighted by atomic mass is 10.1. The monoisotopic (exact) mass is 489 g/mol. The van der Waals surface area contributed by atoms with Crippen molar-refractivity contribution in [2.75, 3.05) is 17.2 Å². The number of hydrogen-bond donors (Lipinski definition) is 3. The summed E-state index contributed by atoms with van der Waals surface area (Å²) in [7, 11) is 0. The number of benzene rings is 3. The summed E-state index contributed by atoms with van der Waals surface area (Å²) in [6.45, 7) is 4.81. The van der Waals surface area contributed by atoms with Gasteiger partial charge in [0.15, 0.2) is 5.11 Å². The number of carbonyl (C=O) groups is 2. The molecule has 0 heterocycles. The average Bonchev–Trinajstić information content (AvgIpc) is 2.84. The number of unbranched alkanes of at least 4 members (excludes halogenated alkanes) is 3. The Morgan fingerprint density at radius 2 is 1.51 bits per heavy atom. The molecule has 0 aromatic heterocycles. The van der Waals surface area contributed by atoms with Crippen LogP contribution in [0.15, 0.2) is 72.8 Å². The third-order valence-corrected chi connectivity index (χ3v) is 5.47. The van der Waals surface area contributed by atoms with Gasteiger partial charge >= 0.3 is 0 Å². The van der Waals surface area contributed by atoms with Crippen LogP contribution in [0.25, 0.3) is 0 Å². The predicted molar refractivity (Wildman–Crippen MR) is 145 cm³/mol. The van der Waals surface area contributed by atoms with E-state index in [9.17, 15) is 9.59 Å². The van der Waals surface area contributed by atoms with Gasteiger partial charge in [0, 0.05) is 22.5 Å². The van der Waals surface area contributed by atoms with Gasteiger partial charge in [-0.1, -0.05) is 44.4 Å². The first-order chi connectivity index (χ1) is 16.9. The van der Waals surface area contributed by atoms with Crippen LogP contribution in [0.5, 0.6) is 5.75 Å². The summed E-state index contributed by atoms with van der Waals surface area (Å²) in [4.78, 5) is 25.2. The molecule has 3 aromatic rings. The first-order valence-electron chi connectivity index (χ1n) is 11.8. The molecular formula is C28H31N3O3S. The fourth-order valence-electron chi connectivity index (χ4n) is 3.42. The highest BCUT2D eigenvalue weighted by Crippen LogP contribution is 2.16. The van der Waals surface area contributed by atoms with E-state index in [-0.39, 0.29) is 16.9 Å². The molecular weight excluding hydrogens is 458 g/mol. The molecule has 0 aliphatic carbocycles. The van der Waals surface area contributed by atoms with Gasteiger partial charge in [0.05, 0.1) is 6.61 Å². The summed E-state index contributed by atoms with van der Waals surface area (Å²) in [5.74, 6) is 0.173. The Morgan fingerprint density at radius 3 is 2.23 bits per heavy atom. The number of ether oxygens (including phenoxy) is 1. The van der Waals surface area contributed by atoms with E-state index in [1.807, 2.05) is 31.2 Å². The molecule has 3 rings (SSSR count). The molecule has 0 unspecified atom stereocenters. The molecule has 0 fully saturated rings. The zero-order chi connectivity index (χ0) is 25.0. The molecule has 0 spiro atoms. The van der Waals surface area contributed by atoms with E-state index < -0.39 is 0 Å². The zero-order valence-electron chi connectivity index (χ0n) is 20.1. The van der Waals surface area contributed by atoms with E-state index in [4.69, 9.17) is 17.0 Å². The predicted octanol–water partition coefficient (Wildman–Crippen LogP) is 6.33. The minimum absolute atomic E-state index is 0.141. The zero-order valence-corrected chi connectivity index (χ0v) is 20.9. The first kappa shape index (κ1) is 25.9. The molecule has 7 heteroatoms. The van der Waals surface area contributed by atoms with Gasteiger partial charge in [0.1, 0.15) is 5.75 Å². The first-order valence-corrected chi connectivity index (χ1v) is 12.2. The number of hydrogen-bond acceptors (Lipinski definition) is 4. The van der Waals surface area contributed by atoms with Crippen molar-refractivity contribution in [1.29, 1.82) is 0 Å². The van der Waals surface area contributed by atoms with Crippen molar-refractivity contribution in [3.63, 3.8) is 0 Å². The quantitative estimate of drug-likeness (QED) is 0.229. The second kappa shape index (κ2) is 13.2. The SMILES string of the molecule is CCCCCCOc1ccc(C(=O)NC(=S)Nc2cccc(C(=O)Nc3cccc(C)c3)c2)cc1. The van der Waals surface area contributed by atoms with Crippen LogP contribution in [0, 0.1) is 6.92 Å². The largest absolute Gasteiger partial charge is 0.494 e. The molecule has 0 saturated heterocycles. The van der Waals surface area contributed by atoms with Crippen LogP contribution in [0.3, 0.4) is 0 Å². The van der Waals surface area contributed by atoms with Crippen LogP contribution in [0.2, 0.25) is 0 Å². The van der Waals surface area contributed by atoms with Gasteiger partial charge in [-0.15, -0.1) is 0 Å². The van der Waals surface area contributed by atoms with Gasteiger partial charge < -0.3 is 15.4 Å². The van der Waals surface area contributed by atoms with Gasteiger partial charge in [-0.3, -0.25) is 14.9 Å². The van der Waals surface area contributed by atoms with Crippen LogP contribution in [0.1, 0.15) is 58.9 Å². The van der Waals surface area contributed by atoms with Crippen molar-refractivity contribution in [2.24, 2.45) is 0 Å². The average molecular weight is 490 g/mol. The van der Waals surface area contributed by atoms with Crippen molar-refractivity contribution in [3.05, 3.63) is 89.5 Å². The number of nitrogens with one attached hydrogen (secondary N) is 3. The van der Waals surface area contributed by atoms with Crippen LogP contribution in [-0.2, 0) is 0 Å². The summed E-state index contributed by atoms with van der Waals surface area (Å²) in [6.07, 6.45) is 4.57. The van der Waals surface area contributed by atoms with Gasteiger partial charge in [-0.05, 0) is 85.7 Å². The van der Waals surface area contributed by atoms with Crippen LogP contribution < -0.4 is 20.7 Å². The molecule has 3 N–H and O–H groups in total. The normalized spacial score (nSPS) is 10.3. The number of anilines is 2. The second-order valence-corrected chi connectivity index (χ2v) is 8.65. The Bertz CT molecular complexity index is 1160. The van der Waals surface area contributed by atoms with E-state index in [2.05, 4.69) is 22.9 Å². The Kier molecular flexibility index (Phi) is 9.80. The highest BCUT2D eigenvalue weighted by Gasteiger charge is 2.11. The maximum atomic E-state index is 12.6. The molecule has 0 radical (unpaired) electrons. The summed E-state index contributed by atoms with van der Waals surface area (Å²) < 4.78 is 5.72. The minimum Gasteiger partial charge on any atom is -0.494 e. The fourth-order valence-corrected chi connectivity index (χ4v) is 3.63. The lowest BCUT2D eigenvalue weighted by Crippen LogP contribution is -2.34. The standard InChI is InChI=1S/C28H31N3O3S/c1-3-4-5-6-17-34-25-15-13-21(14-16-25)26(32)31-28(35)30-24-12-8-10-22(19-24)27(33)29-23-11-7-9-20(2)18-23/h7-16,18-19H,3-6,17H2,1-2H3,(H,29,33)(H2,30,31,32,35). The number of carbonyl (C=O) groups excluding carboxylic acids is 2. The summed E-state index contributed by atoms with van der Waals surface area (Å²) >= 11 is 5.29. The maximum Gasteiger partial charge on any atom is 0.257 e. The van der Waals surface area contributed by atoms with Crippen molar-refractivity contribution >= 4 is 40.5 Å². The van der Waals surface area contributed by atoms with Crippen LogP contribution in [0.4, 0.5) is 11.4 Å². The van der Waals surface area contributed by atoms with Crippen molar-refractivity contribution in [1.82, 2.24) is 5.32 Å². The van der Waals surface area contributed by atoms with Crippen LogP contribution >= 0.6 is 12.2 Å². The van der Waals surface area contributed by atoms with E-state index in [1.54, 1.807) is 48.5 Å². The van der Waals surface area contributed by atoms with Crippen molar-refractivity contribution in [3.8, 4) is 5.75 Å². The van der Waals surface area contributed by atoms with E-state index in [0.29, 0.717) is 23.4 Å². The van der Waals surface area contributed by atoms with Crippen molar-refractivity contribution in [2.45, 2.75) is 39.5 Å². The number of amides is 2. The molecule has 0 aliphatic heterocycles. The Balaban J connectivity index is 1.51. The topological polar surface area (TPSA) is 79.5 Å². The van der Waals surface area contributed by atoms with Gasteiger partial charge in [0.25, 0.3) is 11.8 Å². The maximum absolute atomic E-state index is 12.6. The molecule has 0 aliphatic rings. The third-order valence-electron chi connectivity index (χ3n) is 5.27. The second-order valence-electron chi connectivity index (χ2n) is 8.25. The fraction of sp³-hybridized carbons (Fsp3) is 0.250. The number of aryl methyl sites for hydroxylation is 1. The molecule has 35 heavy (non-hydrogen) atoms. The Labute approximate surface area is 212 Å². The van der Waals surface area contributed by atoms with Gasteiger partial charge in [0.2, 0.25) is 0 Å². The van der Waals surface area contributed by atoms with Gasteiger partial charge in [-0.2, -0.15) is 0 Å². The highest BCUT2D eigenvalue weighted by molar-refractivity contribution is 7.80. The summed E-state index contributed by atoms with van der Waals surface area (Å²) in [5.41, 5.74) is 3.32. The number of rotatable bonds is 10. The molecule has 182 valence electrons. The highest BCUT2D eigenvalue weighted by atomic mass is 32.1. The molecule has 3 aromatic carbocycles. The minimum atomic E-state index is -0.328. The lowest BCUT2D eigenvalue weighted by Gasteiger charge is -2.12. The molecule has 2 amide bonds.